The van der Waals surface area contributed by atoms with Crippen molar-refractivity contribution in [2.75, 3.05) is 0 Å². The highest BCUT2D eigenvalue weighted by atomic mass is 16.1. The summed E-state index contributed by atoms with van der Waals surface area (Å²) >= 11 is 0. The van der Waals surface area contributed by atoms with Crippen LogP contribution in [0.2, 0.25) is 0 Å². The molecule has 1 aromatic carbocycles. The van der Waals surface area contributed by atoms with Gasteiger partial charge in [-0.15, -0.1) is 0 Å². The third-order valence-electron chi connectivity index (χ3n) is 2.04. The average molecular weight is 211 g/mol. The van der Waals surface area contributed by atoms with Gasteiger partial charge in [-0.25, -0.2) is 0 Å². The fraction of sp³-hybridized carbons (Fsp3) is 0.143. The molecule has 0 amide bonds. The van der Waals surface area contributed by atoms with Gasteiger partial charge in [0.15, 0.2) is 5.78 Å². The number of rotatable bonds is 3. The minimum absolute atomic E-state index is 0.0416. The topological polar surface area (TPSA) is 40.9 Å². The van der Waals surface area contributed by atoms with Crippen LogP contribution in [-0.4, -0.2) is 5.78 Å². The lowest BCUT2D eigenvalue weighted by Gasteiger charge is -1.96. The Hall–Kier alpha value is -2.14. The second-order valence-electron chi connectivity index (χ2n) is 3.56. The Morgan fingerprint density at radius 2 is 1.81 bits per heavy atom. The maximum atomic E-state index is 11.7. The zero-order valence-electron chi connectivity index (χ0n) is 9.40. The Kier molecular flexibility index (Phi) is 4.23. The first-order valence-electron chi connectivity index (χ1n) is 4.99. The number of nitriles is 1. The predicted octanol–water partition coefficient (Wildman–Crippen LogP) is 3.29. The molecule has 0 bridgehead atoms. The van der Waals surface area contributed by atoms with Gasteiger partial charge in [-0.1, -0.05) is 30.3 Å². The Balaban J connectivity index is 2.87. The van der Waals surface area contributed by atoms with Crippen LogP contribution in [0.15, 0.2) is 53.6 Å². The molecule has 0 saturated carbocycles. The van der Waals surface area contributed by atoms with Crippen molar-refractivity contribution in [3.05, 3.63) is 59.2 Å². The SMILES string of the molecule is C/C(C#N)=C/C(C)=C\C(=O)c1ccccc1. The predicted molar refractivity (Wildman–Crippen MR) is 63.9 cm³/mol. The quantitative estimate of drug-likeness (QED) is 0.333. The highest BCUT2D eigenvalue weighted by Gasteiger charge is 2.00. The molecule has 0 heterocycles. The number of hydrogen-bond acceptors (Lipinski definition) is 2. The van der Waals surface area contributed by atoms with E-state index in [-0.39, 0.29) is 5.78 Å². The van der Waals surface area contributed by atoms with Gasteiger partial charge in [0, 0.05) is 11.1 Å². The second-order valence-corrected chi connectivity index (χ2v) is 3.56. The van der Waals surface area contributed by atoms with E-state index in [1.54, 1.807) is 25.1 Å². The third-order valence-corrected chi connectivity index (χ3v) is 2.04. The van der Waals surface area contributed by atoms with Gasteiger partial charge in [0.1, 0.15) is 0 Å². The summed E-state index contributed by atoms with van der Waals surface area (Å²) in [7, 11) is 0. The van der Waals surface area contributed by atoms with Crippen LogP contribution in [-0.2, 0) is 0 Å². The van der Waals surface area contributed by atoms with Crippen LogP contribution < -0.4 is 0 Å². The summed E-state index contributed by atoms with van der Waals surface area (Å²) in [6.07, 6.45) is 3.23. The lowest BCUT2D eigenvalue weighted by atomic mass is 10.1. The molecule has 0 aromatic heterocycles. The number of carbonyl (C=O) groups excluding carboxylic acids is 1. The van der Waals surface area contributed by atoms with Gasteiger partial charge in [-0.3, -0.25) is 4.79 Å². The maximum Gasteiger partial charge on any atom is 0.186 e. The van der Waals surface area contributed by atoms with Crippen molar-refractivity contribution >= 4 is 5.78 Å². The zero-order chi connectivity index (χ0) is 12.0. The van der Waals surface area contributed by atoms with Crippen LogP contribution >= 0.6 is 0 Å². The van der Waals surface area contributed by atoms with Crippen molar-refractivity contribution < 1.29 is 4.79 Å². The van der Waals surface area contributed by atoms with E-state index in [4.69, 9.17) is 5.26 Å². The fourth-order valence-electron chi connectivity index (χ4n) is 1.31. The molecule has 0 N–H and O–H groups in total. The molecule has 0 aliphatic heterocycles. The summed E-state index contributed by atoms with van der Waals surface area (Å²) in [4.78, 5) is 11.7. The largest absolute Gasteiger partial charge is 0.289 e. The van der Waals surface area contributed by atoms with Crippen molar-refractivity contribution in [1.29, 1.82) is 5.26 Å². The third kappa shape index (κ3) is 3.55. The molecular weight excluding hydrogens is 198 g/mol. The Morgan fingerprint density at radius 1 is 1.19 bits per heavy atom. The molecule has 2 heteroatoms. The lowest BCUT2D eigenvalue weighted by molar-refractivity contribution is 0.104. The Labute approximate surface area is 95.5 Å². The van der Waals surface area contributed by atoms with E-state index >= 15 is 0 Å². The number of allylic oxidation sites excluding steroid dienone is 4. The van der Waals surface area contributed by atoms with Gasteiger partial charge in [0.25, 0.3) is 0 Å². The molecule has 0 fully saturated rings. The normalized spacial score (nSPS) is 12.1. The van der Waals surface area contributed by atoms with E-state index in [0.717, 1.165) is 5.57 Å². The second kappa shape index (κ2) is 5.67. The smallest absolute Gasteiger partial charge is 0.186 e. The lowest BCUT2D eigenvalue weighted by Crippen LogP contribution is -1.94. The van der Waals surface area contributed by atoms with Gasteiger partial charge in [-0.2, -0.15) is 5.26 Å². The molecular formula is C14H13NO. The molecule has 0 saturated heterocycles. The molecule has 2 nitrogen and oxygen atoms in total. The molecule has 0 aliphatic rings. The first kappa shape index (κ1) is 11.9. The summed E-state index contributed by atoms with van der Waals surface area (Å²) in [6, 6.07) is 11.1. The van der Waals surface area contributed by atoms with E-state index in [1.807, 2.05) is 31.2 Å². The monoisotopic (exact) mass is 211 g/mol. The van der Waals surface area contributed by atoms with E-state index in [0.29, 0.717) is 11.1 Å². The minimum atomic E-state index is -0.0416. The van der Waals surface area contributed by atoms with Gasteiger partial charge in [0.05, 0.1) is 6.07 Å². The van der Waals surface area contributed by atoms with E-state index in [9.17, 15) is 4.79 Å². The maximum absolute atomic E-state index is 11.7. The zero-order valence-corrected chi connectivity index (χ0v) is 9.40. The summed E-state index contributed by atoms with van der Waals surface area (Å²) in [5.74, 6) is -0.0416. The van der Waals surface area contributed by atoms with Crippen molar-refractivity contribution in [2.24, 2.45) is 0 Å². The molecule has 0 unspecified atom stereocenters. The molecule has 0 radical (unpaired) electrons. The molecule has 80 valence electrons. The standard InChI is InChI=1S/C14H13NO/c1-11(8-12(2)10-15)9-14(16)13-6-4-3-5-7-13/h3-9H,1-2H3/b11-9-,12-8-. The number of nitrogens with zero attached hydrogens (tertiary/aromatic N) is 1. The van der Waals surface area contributed by atoms with Crippen LogP contribution in [0.4, 0.5) is 0 Å². The Bertz CT molecular complexity index is 475. The van der Waals surface area contributed by atoms with Crippen molar-refractivity contribution in [2.45, 2.75) is 13.8 Å². The summed E-state index contributed by atoms with van der Waals surface area (Å²) in [5.41, 5.74) is 2.03. The summed E-state index contributed by atoms with van der Waals surface area (Å²) in [6.45, 7) is 3.52. The van der Waals surface area contributed by atoms with E-state index in [1.165, 1.54) is 6.08 Å². The highest BCUT2D eigenvalue weighted by Crippen LogP contribution is 2.06. The Morgan fingerprint density at radius 3 is 2.38 bits per heavy atom. The molecule has 1 aromatic rings. The van der Waals surface area contributed by atoms with Crippen LogP contribution in [0, 0.1) is 11.3 Å². The minimum Gasteiger partial charge on any atom is -0.289 e. The molecule has 0 aliphatic carbocycles. The van der Waals surface area contributed by atoms with Crippen molar-refractivity contribution in [3.8, 4) is 6.07 Å². The van der Waals surface area contributed by atoms with Gasteiger partial charge in [0.2, 0.25) is 0 Å². The first-order valence-corrected chi connectivity index (χ1v) is 4.99. The number of ketones is 1. The molecule has 0 atom stereocenters. The van der Waals surface area contributed by atoms with E-state index in [2.05, 4.69) is 0 Å². The number of benzene rings is 1. The molecule has 1 rings (SSSR count). The van der Waals surface area contributed by atoms with Gasteiger partial charge in [-0.05, 0) is 31.6 Å². The van der Waals surface area contributed by atoms with Crippen LogP contribution in [0.25, 0.3) is 0 Å². The van der Waals surface area contributed by atoms with Crippen molar-refractivity contribution in [3.63, 3.8) is 0 Å². The fourth-order valence-corrected chi connectivity index (χ4v) is 1.31. The number of carbonyl (C=O) groups is 1. The average Bonchev–Trinajstić information content (AvgIpc) is 2.29. The van der Waals surface area contributed by atoms with Crippen LogP contribution in [0.1, 0.15) is 24.2 Å². The first-order chi connectivity index (χ1) is 7.63. The van der Waals surface area contributed by atoms with Gasteiger partial charge >= 0.3 is 0 Å². The molecule has 0 spiro atoms. The van der Waals surface area contributed by atoms with Gasteiger partial charge < -0.3 is 0 Å². The summed E-state index contributed by atoms with van der Waals surface area (Å²) < 4.78 is 0. The van der Waals surface area contributed by atoms with Crippen LogP contribution in [0.5, 0.6) is 0 Å². The highest BCUT2D eigenvalue weighted by molar-refractivity contribution is 6.05. The number of hydrogen-bond donors (Lipinski definition) is 0. The molecule has 16 heavy (non-hydrogen) atoms. The van der Waals surface area contributed by atoms with Crippen molar-refractivity contribution in [1.82, 2.24) is 0 Å². The van der Waals surface area contributed by atoms with Crippen LogP contribution in [0.3, 0.4) is 0 Å². The van der Waals surface area contributed by atoms with E-state index < -0.39 is 0 Å². The summed E-state index contributed by atoms with van der Waals surface area (Å²) in [5, 5.41) is 8.60.